The zero-order valence-corrected chi connectivity index (χ0v) is 16.8. The quantitative estimate of drug-likeness (QED) is 0.737. The van der Waals surface area contributed by atoms with Gasteiger partial charge in [0.25, 0.3) is 5.91 Å². The van der Waals surface area contributed by atoms with Crippen LogP contribution in [0, 0.1) is 0 Å². The van der Waals surface area contributed by atoms with Gasteiger partial charge in [0.1, 0.15) is 5.60 Å². The lowest BCUT2D eigenvalue weighted by Gasteiger charge is -2.18. The highest BCUT2D eigenvalue weighted by Crippen LogP contribution is 2.41. The zero-order valence-electron chi connectivity index (χ0n) is 16.8. The van der Waals surface area contributed by atoms with Crippen LogP contribution in [0.15, 0.2) is 36.4 Å². The average molecular weight is 385 g/mol. The second-order valence-electron chi connectivity index (χ2n) is 7.15. The Kier molecular flexibility index (Phi) is 5.97. The molecule has 0 aromatic heterocycles. The Morgan fingerprint density at radius 2 is 1.79 bits per heavy atom. The van der Waals surface area contributed by atoms with Gasteiger partial charge in [-0.25, -0.2) is 0 Å². The largest absolute Gasteiger partial charge is 0.490 e. The molecule has 1 aliphatic rings. The summed E-state index contributed by atoms with van der Waals surface area (Å²) in [6.07, 6.45) is 0.818. The first-order valence-corrected chi connectivity index (χ1v) is 9.55. The third-order valence-electron chi connectivity index (χ3n) is 4.24. The van der Waals surface area contributed by atoms with Crippen molar-refractivity contribution in [1.29, 1.82) is 0 Å². The van der Waals surface area contributed by atoms with Crippen LogP contribution < -0.4 is 24.3 Å². The molecule has 1 amide bonds. The Morgan fingerprint density at radius 3 is 2.54 bits per heavy atom. The molecule has 0 fully saturated rings. The van der Waals surface area contributed by atoms with E-state index in [1.807, 2.05) is 45.9 Å². The Hall–Kier alpha value is -2.89. The molecule has 6 nitrogen and oxygen atoms in total. The SMILES string of the molecule is CCOc1ccc(NC(=O)COc2cccc3c2OC(C)(C)C3)cc1OCC. The van der Waals surface area contributed by atoms with E-state index in [1.54, 1.807) is 18.2 Å². The fourth-order valence-corrected chi connectivity index (χ4v) is 3.17. The summed E-state index contributed by atoms with van der Waals surface area (Å²) >= 11 is 0. The summed E-state index contributed by atoms with van der Waals surface area (Å²) in [7, 11) is 0. The average Bonchev–Trinajstić information content (AvgIpc) is 2.97. The fourth-order valence-electron chi connectivity index (χ4n) is 3.17. The molecule has 0 radical (unpaired) electrons. The predicted molar refractivity (Wildman–Crippen MR) is 108 cm³/mol. The van der Waals surface area contributed by atoms with Gasteiger partial charge in [0.05, 0.1) is 13.2 Å². The summed E-state index contributed by atoms with van der Waals surface area (Å²) in [4.78, 5) is 12.3. The summed E-state index contributed by atoms with van der Waals surface area (Å²) in [6, 6.07) is 11.1. The van der Waals surface area contributed by atoms with Crippen molar-refractivity contribution in [3.63, 3.8) is 0 Å². The van der Waals surface area contributed by atoms with Gasteiger partial charge in [-0.3, -0.25) is 4.79 Å². The smallest absolute Gasteiger partial charge is 0.262 e. The maximum Gasteiger partial charge on any atom is 0.262 e. The first-order chi connectivity index (χ1) is 13.4. The number of carbonyl (C=O) groups excluding carboxylic acids is 1. The first-order valence-electron chi connectivity index (χ1n) is 9.55. The predicted octanol–water partition coefficient (Wildman–Crippen LogP) is 4.22. The number of ether oxygens (including phenoxy) is 4. The number of carbonyl (C=O) groups is 1. The topological polar surface area (TPSA) is 66.0 Å². The van der Waals surface area contributed by atoms with Crippen molar-refractivity contribution in [2.75, 3.05) is 25.1 Å². The van der Waals surface area contributed by atoms with E-state index in [-0.39, 0.29) is 18.1 Å². The van der Waals surface area contributed by atoms with Crippen molar-refractivity contribution in [2.24, 2.45) is 0 Å². The van der Waals surface area contributed by atoms with E-state index in [0.29, 0.717) is 36.1 Å². The molecule has 3 rings (SSSR count). The van der Waals surface area contributed by atoms with Gasteiger partial charge in [0.2, 0.25) is 0 Å². The Morgan fingerprint density at radius 1 is 1.04 bits per heavy atom. The van der Waals surface area contributed by atoms with Crippen molar-refractivity contribution in [3.8, 4) is 23.0 Å². The Labute approximate surface area is 165 Å². The minimum absolute atomic E-state index is 0.114. The summed E-state index contributed by atoms with van der Waals surface area (Å²) in [6.45, 7) is 8.81. The third kappa shape index (κ3) is 4.68. The summed E-state index contributed by atoms with van der Waals surface area (Å²) in [5.41, 5.74) is 1.45. The van der Waals surface area contributed by atoms with Crippen LogP contribution in [0.2, 0.25) is 0 Å². The van der Waals surface area contributed by atoms with Crippen LogP contribution in [0.3, 0.4) is 0 Å². The molecule has 6 heteroatoms. The molecular formula is C22H27NO5. The lowest BCUT2D eigenvalue weighted by atomic mass is 10.0. The molecule has 0 atom stereocenters. The lowest BCUT2D eigenvalue weighted by Crippen LogP contribution is -2.25. The zero-order chi connectivity index (χ0) is 20.1. The van der Waals surface area contributed by atoms with Gasteiger partial charge in [0, 0.05) is 23.7 Å². The standard InChI is InChI=1S/C22H27NO5/c1-5-25-17-11-10-16(12-19(17)26-6-2)23-20(24)14-27-18-9-7-8-15-13-22(3,4)28-21(15)18/h7-12H,5-6,13-14H2,1-4H3,(H,23,24). The highest BCUT2D eigenvalue weighted by molar-refractivity contribution is 5.92. The maximum absolute atomic E-state index is 12.3. The second-order valence-corrected chi connectivity index (χ2v) is 7.15. The second kappa shape index (κ2) is 8.42. The van der Waals surface area contributed by atoms with Gasteiger partial charge in [-0.05, 0) is 45.9 Å². The van der Waals surface area contributed by atoms with Gasteiger partial charge in [-0.1, -0.05) is 12.1 Å². The van der Waals surface area contributed by atoms with E-state index in [1.165, 1.54) is 0 Å². The number of benzene rings is 2. The summed E-state index contributed by atoms with van der Waals surface area (Å²) in [5.74, 6) is 2.29. The minimum Gasteiger partial charge on any atom is -0.490 e. The Bertz CT molecular complexity index is 847. The molecular weight excluding hydrogens is 358 g/mol. The number of anilines is 1. The number of para-hydroxylation sites is 1. The molecule has 0 saturated carbocycles. The van der Waals surface area contributed by atoms with Crippen LogP contribution in [0.4, 0.5) is 5.69 Å². The van der Waals surface area contributed by atoms with Crippen molar-refractivity contribution in [2.45, 2.75) is 39.7 Å². The van der Waals surface area contributed by atoms with E-state index >= 15 is 0 Å². The highest BCUT2D eigenvalue weighted by Gasteiger charge is 2.32. The molecule has 28 heavy (non-hydrogen) atoms. The maximum atomic E-state index is 12.3. The van der Waals surface area contributed by atoms with Gasteiger partial charge >= 0.3 is 0 Å². The Balaban J connectivity index is 1.63. The molecule has 2 aromatic rings. The molecule has 1 aliphatic heterocycles. The van der Waals surface area contributed by atoms with Gasteiger partial charge in [-0.15, -0.1) is 0 Å². The molecule has 150 valence electrons. The number of fused-ring (bicyclic) bond motifs is 1. The molecule has 0 saturated heterocycles. The molecule has 0 bridgehead atoms. The van der Waals surface area contributed by atoms with Crippen molar-refractivity contribution >= 4 is 11.6 Å². The summed E-state index contributed by atoms with van der Waals surface area (Å²) < 4.78 is 22.8. The van der Waals surface area contributed by atoms with Gasteiger partial charge in [-0.2, -0.15) is 0 Å². The number of rotatable bonds is 8. The van der Waals surface area contributed by atoms with E-state index in [2.05, 4.69) is 5.32 Å². The van der Waals surface area contributed by atoms with E-state index in [9.17, 15) is 4.79 Å². The van der Waals surface area contributed by atoms with Crippen LogP contribution in [0.1, 0.15) is 33.3 Å². The molecule has 0 aliphatic carbocycles. The summed E-state index contributed by atoms with van der Waals surface area (Å²) in [5, 5.41) is 2.82. The van der Waals surface area contributed by atoms with Crippen molar-refractivity contribution in [3.05, 3.63) is 42.0 Å². The monoisotopic (exact) mass is 385 g/mol. The molecule has 2 aromatic carbocycles. The number of hydrogen-bond donors (Lipinski definition) is 1. The van der Waals surface area contributed by atoms with Gasteiger partial charge < -0.3 is 24.3 Å². The number of amides is 1. The lowest BCUT2D eigenvalue weighted by molar-refractivity contribution is -0.118. The molecule has 0 unspecified atom stereocenters. The van der Waals surface area contributed by atoms with Crippen LogP contribution >= 0.6 is 0 Å². The van der Waals surface area contributed by atoms with Crippen LogP contribution in [0.5, 0.6) is 23.0 Å². The molecule has 1 N–H and O–H groups in total. The van der Waals surface area contributed by atoms with E-state index < -0.39 is 0 Å². The normalized spacial score (nSPS) is 14.0. The third-order valence-corrected chi connectivity index (χ3v) is 4.24. The number of hydrogen-bond acceptors (Lipinski definition) is 5. The first kappa shape index (κ1) is 19.9. The molecule has 1 heterocycles. The number of nitrogens with one attached hydrogen (secondary N) is 1. The van der Waals surface area contributed by atoms with Crippen LogP contribution in [-0.2, 0) is 11.2 Å². The van der Waals surface area contributed by atoms with E-state index in [4.69, 9.17) is 18.9 Å². The van der Waals surface area contributed by atoms with Crippen molar-refractivity contribution in [1.82, 2.24) is 0 Å². The van der Waals surface area contributed by atoms with Crippen molar-refractivity contribution < 1.29 is 23.7 Å². The fraction of sp³-hybridized carbons (Fsp3) is 0.409. The van der Waals surface area contributed by atoms with E-state index in [0.717, 1.165) is 17.7 Å². The highest BCUT2D eigenvalue weighted by atomic mass is 16.5. The molecule has 0 spiro atoms. The van der Waals surface area contributed by atoms with Crippen LogP contribution in [-0.4, -0.2) is 31.3 Å². The van der Waals surface area contributed by atoms with Crippen LogP contribution in [0.25, 0.3) is 0 Å². The van der Waals surface area contributed by atoms with Gasteiger partial charge in [0.15, 0.2) is 29.6 Å². The minimum atomic E-state index is -0.263.